The van der Waals surface area contributed by atoms with Crippen LogP contribution in [0.5, 0.6) is 11.5 Å². The van der Waals surface area contributed by atoms with Gasteiger partial charge in [-0.1, -0.05) is 38.1 Å². The Balaban J connectivity index is 2.31. The predicted octanol–water partition coefficient (Wildman–Crippen LogP) is 3.70. The smallest absolute Gasteiger partial charge is 0.248 e. The summed E-state index contributed by atoms with van der Waals surface area (Å²) in [7, 11) is 0. The molecule has 2 aromatic rings. The topological polar surface area (TPSA) is 52.3 Å². The summed E-state index contributed by atoms with van der Waals surface area (Å²) in [5, 5.41) is 0. The van der Waals surface area contributed by atoms with Gasteiger partial charge < -0.3 is 10.5 Å². The number of rotatable bonds is 4. The van der Waals surface area contributed by atoms with Crippen LogP contribution in [0.4, 0.5) is 0 Å². The molecule has 3 heteroatoms. The van der Waals surface area contributed by atoms with Crippen LogP contribution >= 0.6 is 0 Å². The highest BCUT2D eigenvalue weighted by Gasteiger charge is 2.08. The van der Waals surface area contributed by atoms with E-state index in [0.29, 0.717) is 17.2 Å². The van der Waals surface area contributed by atoms with Crippen molar-refractivity contribution in [2.24, 2.45) is 5.73 Å². The normalized spacial score (nSPS) is 10.5. The molecular weight excluding hydrogens is 238 g/mol. The third-order valence-electron chi connectivity index (χ3n) is 2.89. The third-order valence-corrected chi connectivity index (χ3v) is 2.89. The van der Waals surface area contributed by atoms with Crippen LogP contribution in [0.3, 0.4) is 0 Å². The zero-order valence-electron chi connectivity index (χ0n) is 11.1. The predicted molar refractivity (Wildman–Crippen MR) is 75.6 cm³/mol. The SMILES string of the molecule is CC(C)c1ccccc1Oc1cccc(C(N)=O)c1. The number of primary amides is 1. The second-order valence-electron chi connectivity index (χ2n) is 4.69. The lowest BCUT2D eigenvalue weighted by molar-refractivity contribution is 0.1000. The van der Waals surface area contributed by atoms with Crippen LogP contribution in [0.2, 0.25) is 0 Å². The Labute approximate surface area is 113 Å². The van der Waals surface area contributed by atoms with Crippen molar-refractivity contribution in [3.8, 4) is 11.5 Å². The van der Waals surface area contributed by atoms with Gasteiger partial charge in [-0.3, -0.25) is 4.79 Å². The molecular formula is C16H17NO2. The molecule has 0 radical (unpaired) electrons. The van der Waals surface area contributed by atoms with Crippen LogP contribution in [-0.2, 0) is 0 Å². The average Bonchev–Trinajstić information content (AvgIpc) is 2.39. The van der Waals surface area contributed by atoms with Crippen LogP contribution in [0.1, 0.15) is 35.7 Å². The van der Waals surface area contributed by atoms with E-state index >= 15 is 0 Å². The number of ether oxygens (including phenoxy) is 1. The Bertz CT molecular complexity index is 591. The van der Waals surface area contributed by atoms with Crippen LogP contribution in [0.25, 0.3) is 0 Å². The molecule has 19 heavy (non-hydrogen) atoms. The monoisotopic (exact) mass is 255 g/mol. The van der Waals surface area contributed by atoms with E-state index in [1.54, 1.807) is 18.2 Å². The van der Waals surface area contributed by atoms with Gasteiger partial charge in [0, 0.05) is 5.56 Å². The molecule has 2 N–H and O–H groups in total. The maximum Gasteiger partial charge on any atom is 0.248 e. The molecule has 0 aliphatic carbocycles. The van der Waals surface area contributed by atoms with Gasteiger partial charge in [0.05, 0.1) is 0 Å². The summed E-state index contributed by atoms with van der Waals surface area (Å²) in [5.74, 6) is 1.33. The first kappa shape index (κ1) is 13.1. The Kier molecular flexibility index (Phi) is 3.85. The number of hydrogen-bond donors (Lipinski definition) is 1. The first-order valence-electron chi connectivity index (χ1n) is 6.24. The first-order valence-corrected chi connectivity index (χ1v) is 6.24. The first-order chi connectivity index (χ1) is 9.08. The number of para-hydroxylation sites is 1. The van der Waals surface area contributed by atoms with Gasteiger partial charge in [0.1, 0.15) is 11.5 Å². The molecule has 0 fully saturated rings. The van der Waals surface area contributed by atoms with Crippen molar-refractivity contribution in [3.05, 3.63) is 59.7 Å². The number of carbonyl (C=O) groups is 1. The van der Waals surface area contributed by atoms with Crippen molar-refractivity contribution < 1.29 is 9.53 Å². The third kappa shape index (κ3) is 3.13. The van der Waals surface area contributed by atoms with Gasteiger partial charge in [-0.25, -0.2) is 0 Å². The summed E-state index contributed by atoms with van der Waals surface area (Å²) in [6, 6.07) is 14.8. The van der Waals surface area contributed by atoms with E-state index in [1.807, 2.05) is 30.3 Å². The van der Waals surface area contributed by atoms with E-state index < -0.39 is 5.91 Å². The number of benzene rings is 2. The van der Waals surface area contributed by atoms with Gasteiger partial charge in [0.25, 0.3) is 0 Å². The van der Waals surface area contributed by atoms with Crippen molar-refractivity contribution in [1.29, 1.82) is 0 Å². The Morgan fingerprint density at radius 3 is 2.53 bits per heavy atom. The van der Waals surface area contributed by atoms with E-state index in [2.05, 4.69) is 13.8 Å². The second-order valence-corrected chi connectivity index (χ2v) is 4.69. The zero-order chi connectivity index (χ0) is 13.8. The van der Waals surface area contributed by atoms with Crippen LogP contribution in [-0.4, -0.2) is 5.91 Å². The molecule has 0 heterocycles. The lowest BCUT2D eigenvalue weighted by Crippen LogP contribution is -2.10. The minimum Gasteiger partial charge on any atom is -0.457 e. The van der Waals surface area contributed by atoms with Crippen molar-refractivity contribution in [2.45, 2.75) is 19.8 Å². The number of nitrogens with two attached hydrogens (primary N) is 1. The maximum atomic E-state index is 11.1. The molecule has 0 aliphatic heterocycles. The molecule has 0 aromatic heterocycles. The maximum absolute atomic E-state index is 11.1. The highest BCUT2D eigenvalue weighted by Crippen LogP contribution is 2.30. The van der Waals surface area contributed by atoms with Gasteiger partial charge in [0.15, 0.2) is 0 Å². The van der Waals surface area contributed by atoms with E-state index in [4.69, 9.17) is 10.5 Å². The minimum atomic E-state index is -0.456. The van der Waals surface area contributed by atoms with Gasteiger partial charge in [-0.2, -0.15) is 0 Å². The van der Waals surface area contributed by atoms with E-state index in [9.17, 15) is 4.79 Å². The lowest BCUT2D eigenvalue weighted by atomic mass is 10.0. The molecule has 0 atom stereocenters. The highest BCUT2D eigenvalue weighted by atomic mass is 16.5. The summed E-state index contributed by atoms with van der Waals surface area (Å²) in [6.45, 7) is 4.23. The summed E-state index contributed by atoms with van der Waals surface area (Å²) < 4.78 is 5.85. The van der Waals surface area contributed by atoms with Gasteiger partial charge in [0.2, 0.25) is 5.91 Å². The van der Waals surface area contributed by atoms with Crippen molar-refractivity contribution >= 4 is 5.91 Å². The molecule has 0 bridgehead atoms. The number of amides is 1. The number of carbonyl (C=O) groups excluding carboxylic acids is 1. The summed E-state index contributed by atoms with van der Waals surface area (Å²) >= 11 is 0. The van der Waals surface area contributed by atoms with Crippen molar-refractivity contribution in [2.75, 3.05) is 0 Å². The molecule has 0 spiro atoms. The molecule has 0 saturated carbocycles. The summed E-state index contributed by atoms with van der Waals surface area (Å²) in [6.07, 6.45) is 0. The largest absolute Gasteiger partial charge is 0.457 e. The second kappa shape index (κ2) is 5.57. The molecule has 0 unspecified atom stereocenters. The molecule has 1 amide bonds. The standard InChI is InChI=1S/C16H17NO2/c1-11(2)14-8-3-4-9-15(14)19-13-7-5-6-12(10-13)16(17)18/h3-11H,1-2H3,(H2,17,18). The summed E-state index contributed by atoms with van der Waals surface area (Å²) in [5.41, 5.74) is 6.84. The molecule has 0 saturated heterocycles. The lowest BCUT2D eigenvalue weighted by Gasteiger charge is -2.13. The minimum absolute atomic E-state index is 0.371. The molecule has 0 aliphatic rings. The van der Waals surface area contributed by atoms with Crippen LogP contribution in [0.15, 0.2) is 48.5 Å². The fraction of sp³-hybridized carbons (Fsp3) is 0.188. The molecule has 3 nitrogen and oxygen atoms in total. The average molecular weight is 255 g/mol. The number of hydrogen-bond acceptors (Lipinski definition) is 2. The fourth-order valence-corrected chi connectivity index (χ4v) is 1.89. The van der Waals surface area contributed by atoms with Gasteiger partial charge >= 0.3 is 0 Å². The molecule has 2 aromatic carbocycles. The van der Waals surface area contributed by atoms with Gasteiger partial charge in [-0.15, -0.1) is 0 Å². The molecule has 98 valence electrons. The van der Waals surface area contributed by atoms with Crippen molar-refractivity contribution in [1.82, 2.24) is 0 Å². The van der Waals surface area contributed by atoms with Crippen LogP contribution in [0, 0.1) is 0 Å². The Morgan fingerprint density at radius 1 is 1.11 bits per heavy atom. The van der Waals surface area contributed by atoms with E-state index in [0.717, 1.165) is 11.3 Å². The Hall–Kier alpha value is -2.29. The quantitative estimate of drug-likeness (QED) is 0.905. The van der Waals surface area contributed by atoms with Crippen LogP contribution < -0.4 is 10.5 Å². The molecule has 2 rings (SSSR count). The summed E-state index contributed by atoms with van der Waals surface area (Å²) in [4.78, 5) is 11.1. The van der Waals surface area contributed by atoms with Crippen molar-refractivity contribution in [3.63, 3.8) is 0 Å². The zero-order valence-corrected chi connectivity index (χ0v) is 11.1. The van der Waals surface area contributed by atoms with Gasteiger partial charge in [-0.05, 0) is 35.7 Å². The highest BCUT2D eigenvalue weighted by molar-refractivity contribution is 5.93. The Morgan fingerprint density at radius 2 is 1.84 bits per heavy atom. The van der Waals surface area contributed by atoms with E-state index in [1.165, 1.54) is 0 Å². The van der Waals surface area contributed by atoms with E-state index in [-0.39, 0.29) is 0 Å². The fourth-order valence-electron chi connectivity index (χ4n) is 1.89.